The standard InChI is InChI=1S/C32H18OS/c1-2-8-20-19(7-1)15-17-27-31(20)32-24(12-6-13-26(32)33-27)21-16-18-29-30-23(21)10-5-11-25(30)22-9-3-4-14-28(22)34-29/h1-18H. The van der Waals surface area contributed by atoms with Crippen LogP contribution in [0.15, 0.2) is 123 Å². The number of furan rings is 1. The van der Waals surface area contributed by atoms with Crippen LogP contribution in [0.2, 0.25) is 0 Å². The summed E-state index contributed by atoms with van der Waals surface area (Å²) in [7, 11) is 0. The van der Waals surface area contributed by atoms with Crippen molar-refractivity contribution in [1.82, 2.24) is 0 Å². The first-order valence-electron chi connectivity index (χ1n) is 11.5. The molecule has 2 heteroatoms. The third-order valence-electron chi connectivity index (χ3n) is 7.08. The molecule has 34 heavy (non-hydrogen) atoms. The monoisotopic (exact) mass is 450 g/mol. The molecule has 0 atom stereocenters. The van der Waals surface area contributed by atoms with Gasteiger partial charge in [0.05, 0.1) is 0 Å². The normalized spacial score (nSPS) is 12.6. The molecule has 0 aliphatic carbocycles. The van der Waals surface area contributed by atoms with E-state index in [0.717, 1.165) is 11.2 Å². The number of fused-ring (bicyclic) bond motifs is 7. The van der Waals surface area contributed by atoms with Crippen LogP contribution in [0.25, 0.3) is 65.7 Å². The van der Waals surface area contributed by atoms with E-state index in [9.17, 15) is 0 Å². The first-order valence-corrected chi connectivity index (χ1v) is 12.3. The molecule has 1 aromatic heterocycles. The van der Waals surface area contributed by atoms with Gasteiger partial charge in [0.15, 0.2) is 0 Å². The lowest BCUT2D eigenvalue weighted by Gasteiger charge is -2.21. The molecule has 1 aliphatic rings. The summed E-state index contributed by atoms with van der Waals surface area (Å²) in [5.74, 6) is 0. The van der Waals surface area contributed by atoms with Crippen LogP contribution in [-0.4, -0.2) is 0 Å². The predicted octanol–water partition coefficient (Wildman–Crippen LogP) is 9.69. The van der Waals surface area contributed by atoms with Crippen LogP contribution in [-0.2, 0) is 0 Å². The van der Waals surface area contributed by atoms with Crippen molar-refractivity contribution in [1.29, 1.82) is 0 Å². The minimum Gasteiger partial charge on any atom is -0.456 e. The quantitative estimate of drug-likeness (QED) is 0.247. The van der Waals surface area contributed by atoms with Crippen molar-refractivity contribution >= 4 is 55.2 Å². The van der Waals surface area contributed by atoms with Gasteiger partial charge in [-0.05, 0) is 62.7 Å². The minimum atomic E-state index is 0.934. The Kier molecular flexibility index (Phi) is 3.66. The highest BCUT2D eigenvalue weighted by Gasteiger charge is 2.22. The van der Waals surface area contributed by atoms with Crippen LogP contribution in [0.3, 0.4) is 0 Å². The van der Waals surface area contributed by atoms with E-state index in [0.29, 0.717) is 0 Å². The van der Waals surface area contributed by atoms with Gasteiger partial charge in [-0.3, -0.25) is 0 Å². The van der Waals surface area contributed by atoms with Crippen LogP contribution < -0.4 is 0 Å². The molecular weight excluding hydrogens is 432 g/mol. The molecule has 6 aromatic carbocycles. The second-order valence-corrected chi connectivity index (χ2v) is 9.96. The Balaban J connectivity index is 1.51. The van der Waals surface area contributed by atoms with Gasteiger partial charge in [-0.1, -0.05) is 96.7 Å². The predicted molar refractivity (Wildman–Crippen MR) is 144 cm³/mol. The average molecular weight is 451 g/mol. The first-order chi connectivity index (χ1) is 16.9. The Morgan fingerprint density at radius 3 is 2.12 bits per heavy atom. The number of rotatable bonds is 1. The fourth-order valence-corrected chi connectivity index (χ4v) is 6.76. The summed E-state index contributed by atoms with van der Waals surface area (Å²) in [6.45, 7) is 0. The second-order valence-electron chi connectivity index (χ2n) is 8.88. The van der Waals surface area contributed by atoms with E-state index in [2.05, 4.69) is 109 Å². The fraction of sp³-hybridized carbons (Fsp3) is 0. The molecular formula is C32H18OS. The molecule has 8 rings (SSSR count). The third-order valence-corrected chi connectivity index (χ3v) is 8.21. The van der Waals surface area contributed by atoms with Gasteiger partial charge in [-0.2, -0.15) is 0 Å². The van der Waals surface area contributed by atoms with Crippen molar-refractivity contribution in [3.8, 4) is 22.3 Å². The van der Waals surface area contributed by atoms with Crippen LogP contribution in [0.4, 0.5) is 0 Å². The van der Waals surface area contributed by atoms with E-state index in [1.54, 1.807) is 0 Å². The van der Waals surface area contributed by atoms with Gasteiger partial charge in [-0.25, -0.2) is 0 Å². The van der Waals surface area contributed by atoms with Crippen molar-refractivity contribution in [2.75, 3.05) is 0 Å². The van der Waals surface area contributed by atoms with Crippen LogP contribution in [0.1, 0.15) is 0 Å². The van der Waals surface area contributed by atoms with Crippen molar-refractivity contribution in [2.24, 2.45) is 0 Å². The maximum Gasteiger partial charge on any atom is 0.136 e. The van der Waals surface area contributed by atoms with Gasteiger partial charge in [0.1, 0.15) is 11.2 Å². The molecule has 0 unspecified atom stereocenters. The lowest BCUT2D eigenvalue weighted by atomic mass is 9.90. The number of hydrogen-bond donors (Lipinski definition) is 0. The molecule has 2 heterocycles. The van der Waals surface area contributed by atoms with Crippen LogP contribution in [0.5, 0.6) is 0 Å². The highest BCUT2D eigenvalue weighted by atomic mass is 32.2. The SMILES string of the molecule is c1ccc2c(c1)Sc1ccc(-c3cccc4oc5ccc6ccccc6c5c34)c3cccc-2c13. The van der Waals surface area contributed by atoms with E-state index in [1.807, 2.05) is 11.8 Å². The largest absolute Gasteiger partial charge is 0.456 e. The van der Waals surface area contributed by atoms with Crippen molar-refractivity contribution in [3.05, 3.63) is 109 Å². The van der Waals surface area contributed by atoms with Crippen LogP contribution >= 0.6 is 11.8 Å². The minimum absolute atomic E-state index is 0.934. The van der Waals surface area contributed by atoms with Gasteiger partial charge in [0.25, 0.3) is 0 Å². The van der Waals surface area contributed by atoms with Gasteiger partial charge >= 0.3 is 0 Å². The molecule has 1 aliphatic heterocycles. The van der Waals surface area contributed by atoms with E-state index in [-0.39, 0.29) is 0 Å². The highest BCUT2D eigenvalue weighted by Crippen LogP contribution is 2.50. The van der Waals surface area contributed by atoms with E-state index < -0.39 is 0 Å². The van der Waals surface area contributed by atoms with E-state index in [1.165, 1.54) is 64.4 Å². The number of benzene rings is 6. The maximum absolute atomic E-state index is 6.36. The number of hydrogen-bond acceptors (Lipinski definition) is 2. The summed E-state index contributed by atoms with van der Waals surface area (Å²) in [6.07, 6.45) is 0. The Labute approximate surface area is 200 Å². The van der Waals surface area contributed by atoms with Crippen molar-refractivity contribution < 1.29 is 4.42 Å². The maximum atomic E-state index is 6.36. The zero-order chi connectivity index (χ0) is 22.2. The summed E-state index contributed by atoms with van der Waals surface area (Å²) >= 11 is 1.87. The highest BCUT2D eigenvalue weighted by molar-refractivity contribution is 7.99. The molecule has 0 saturated heterocycles. The van der Waals surface area contributed by atoms with Crippen molar-refractivity contribution in [3.63, 3.8) is 0 Å². The Hall–Kier alpha value is -4.01. The summed E-state index contributed by atoms with van der Waals surface area (Å²) < 4.78 is 6.36. The topological polar surface area (TPSA) is 13.1 Å². The fourth-order valence-electron chi connectivity index (χ4n) is 5.63. The van der Waals surface area contributed by atoms with Gasteiger partial charge in [0.2, 0.25) is 0 Å². The molecule has 7 aromatic rings. The molecule has 0 saturated carbocycles. The molecule has 0 amide bonds. The third kappa shape index (κ3) is 2.41. The van der Waals surface area contributed by atoms with Gasteiger partial charge in [0, 0.05) is 25.9 Å². The molecule has 0 N–H and O–H groups in total. The molecule has 0 spiro atoms. The summed E-state index contributed by atoms with van der Waals surface area (Å²) in [4.78, 5) is 2.65. The Bertz CT molecular complexity index is 1940. The zero-order valence-corrected chi connectivity index (χ0v) is 19.0. The molecule has 0 fully saturated rings. The molecule has 158 valence electrons. The lowest BCUT2D eigenvalue weighted by Crippen LogP contribution is -1.94. The molecule has 0 bridgehead atoms. The summed E-state index contributed by atoms with van der Waals surface area (Å²) in [5.41, 5.74) is 6.98. The van der Waals surface area contributed by atoms with Crippen LogP contribution in [0, 0.1) is 0 Å². The molecule has 1 nitrogen and oxygen atoms in total. The second kappa shape index (κ2) is 6.75. The van der Waals surface area contributed by atoms with Crippen molar-refractivity contribution in [2.45, 2.75) is 9.79 Å². The average Bonchev–Trinajstić information content (AvgIpc) is 3.29. The van der Waals surface area contributed by atoms with E-state index >= 15 is 0 Å². The Morgan fingerprint density at radius 2 is 1.15 bits per heavy atom. The lowest BCUT2D eigenvalue weighted by molar-refractivity contribution is 0.669. The van der Waals surface area contributed by atoms with E-state index in [4.69, 9.17) is 4.42 Å². The summed E-state index contributed by atoms with van der Waals surface area (Å²) in [5, 5.41) is 7.50. The van der Waals surface area contributed by atoms with Gasteiger partial charge in [-0.15, -0.1) is 0 Å². The molecule has 0 radical (unpaired) electrons. The zero-order valence-electron chi connectivity index (χ0n) is 18.2. The van der Waals surface area contributed by atoms with Gasteiger partial charge < -0.3 is 4.42 Å². The summed E-state index contributed by atoms with van der Waals surface area (Å²) in [6, 6.07) is 39.3. The smallest absolute Gasteiger partial charge is 0.136 e. The first kappa shape index (κ1) is 18.4. The Morgan fingerprint density at radius 1 is 0.412 bits per heavy atom.